The predicted molar refractivity (Wildman–Crippen MR) is 87.9 cm³/mol. The van der Waals surface area contributed by atoms with Gasteiger partial charge in [0.15, 0.2) is 0 Å². The van der Waals surface area contributed by atoms with Crippen LogP contribution in [-0.2, 0) is 20.1 Å². The minimum atomic E-state index is 0.787. The Morgan fingerprint density at radius 2 is 2.00 bits per heavy atom. The highest BCUT2D eigenvalue weighted by atomic mass is 79.9. The van der Waals surface area contributed by atoms with Gasteiger partial charge in [-0.15, -0.1) is 0 Å². The largest absolute Gasteiger partial charge is 0.308 e. The van der Waals surface area contributed by atoms with Gasteiger partial charge in [-0.05, 0) is 24.6 Å². The Balaban J connectivity index is 1.77. The van der Waals surface area contributed by atoms with Crippen LogP contribution >= 0.6 is 15.9 Å². The second-order valence-electron chi connectivity index (χ2n) is 5.12. The van der Waals surface area contributed by atoms with E-state index < -0.39 is 0 Å². The molecule has 1 N–H and O–H groups in total. The van der Waals surface area contributed by atoms with Crippen molar-refractivity contribution < 1.29 is 0 Å². The van der Waals surface area contributed by atoms with Gasteiger partial charge in [-0.2, -0.15) is 5.10 Å². The number of hydrogen-bond acceptors (Lipinski definition) is 3. The number of halogens is 1. The van der Waals surface area contributed by atoms with Crippen LogP contribution in [0.1, 0.15) is 16.8 Å². The second-order valence-corrected chi connectivity index (χ2v) is 5.98. The van der Waals surface area contributed by atoms with E-state index >= 15 is 0 Å². The zero-order valence-corrected chi connectivity index (χ0v) is 13.7. The number of pyridine rings is 1. The van der Waals surface area contributed by atoms with E-state index in [0.717, 1.165) is 34.2 Å². The quantitative estimate of drug-likeness (QED) is 0.789. The molecule has 0 spiro atoms. The van der Waals surface area contributed by atoms with E-state index in [-0.39, 0.29) is 0 Å². The average Bonchev–Trinajstić information content (AvgIpc) is 2.80. The number of fused-ring (bicyclic) bond motifs is 1. The number of nitrogens with one attached hydrogen (secondary N) is 1. The zero-order valence-electron chi connectivity index (χ0n) is 12.1. The maximum Gasteiger partial charge on any atom is 0.0758 e. The van der Waals surface area contributed by atoms with E-state index in [1.54, 1.807) is 0 Å². The highest BCUT2D eigenvalue weighted by Gasteiger charge is 2.06. The molecular formula is C16H17BrN4. The number of hydrogen-bond donors (Lipinski definition) is 1. The lowest BCUT2D eigenvalue weighted by Gasteiger charge is -2.08. The number of nitrogens with zero attached hydrogens (tertiary/aromatic N) is 3. The highest BCUT2D eigenvalue weighted by Crippen LogP contribution is 2.25. The maximum absolute atomic E-state index is 4.50. The van der Waals surface area contributed by atoms with Gasteiger partial charge in [-0.1, -0.05) is 28.1 Å². The Kier molecular flexibility index (Phi) is 4.03. The molecule has 1 aromatic carbocycles. The van der Waals surface area contributed by atoms with Crippen LogP contribution in [0.3, 0.4) is 0 Å². The average molecular weight is 345 g/mol. The molecule has 2 heterocycles. The number of benzene rings is 1. The third-order valence-electron chi connectivity index (χ3n) is 3.55. The number of aromatic nitrogens is 3. The van der Waals surface area contributed by atoms with Crippen LogP contribution in [0.4, 0.5) is 0 Å². The highest BCUT2D eigenvalue weighted by molar-refractivity contribution is 9.10. The molecule has 0 aliphatic rings. The van der Waals surface area contributed by atoms with Crippen molar-refractivity contribution in [1.82, 2.24) is 20.1 Å². The normalized spacial score (nSPS) is 11.2. The molecule has 5 heteroatoms. The summed E-state index contributed by atoms with van der Waals surface area (Å²) >= 11 is 3.58. The van der Waals surface area contributed by atoms with E-state index in [1.807, 2.05) is 30.9 Å². The SMILES string of the molecule is Cc1nn(C)cc1CNCc1ccc(Br)c2cccnc12. The van der Waals surface area contributed by atoms with Crippen molar-refractivity contribution >= 4 is 26.8 Å². The summed E-state index contributed by atoms with van der Waals surface area (Å²) in [6.07, 6.45) is 3.89. The topological polar surface area (TPSA) is 42.7 Å². The van der Waals surface area contributed by atoms with Crippen molar-refractivity contribution in [2.45, 2.75) is 20.0 Å². The van der Waals surface area contributed by atoms with Crippen LogP contribution in [0.2, 0.25) is 0 Å². The first-order chi connectivity index (χ1) is 10.1. The molecule has 0 unspecified atom stereocenters. The van der Waals surface area contributed by atoms with Gasteiger partial charge in [0.25, 0.3) is 0 Å². The predicted octanol–water partition coefficient (Wildman–Crippen LogP) is 3.33. The van der Waals surface area contributed by atoms with E-state index in [2.05, 4.69) is 55.7 Å². The van der Waals surface area contributed by atoms with Crippen molar-refractivity contribution in [3.05, 3.63) is 58.0 Å². The molecule has 0 fully saturated rings. The number of aryl methyl sites for hydroxylation is 2. The van der Waals surface area contributed by atoms with Crippen molar-refractivity contribution in [3.8, 4) is 0 Å². The van der Waals surface area contributed by atoms with Gasteiger partial charge in [-0.25, -0.2) is 0 Å². The summed E-state index contributed by atoms with van der Waals surface area (Å²) in [6, 6.07) is 8.24. The lowest BCUT2D eigenvalue weighted by Crippen LogP contribution is -2.13. The summed E-state index contributed by atoms with van der Waals surface area (Å²) in [5.74, 6) is 0. The van der Waals surface area contributed by atoms with Crippen LogP contribution in [-0.4, -0.2) is 14.8 Å². The van der Waals surface area contributed by atoms with Gasteiger partial charge >= 0.3 is 0 Å². The first-order valence-corrected chi connectivity index (χ1v) is 7.66. The van der Waals surface area contributed by atoms with Gasteiger partial charge in [-0.3, -0.25) is 9.67 Å². The molecule has 4 nitrogen and oxygen atoms in total. The third-order valence-corrected chi connectivity index (χ3v) is 4.24. The second kappa shape index (κ2) is 5.95. The Morgan fingerprint density at radius 3 is 2.76 bits per heavy atom. The minimum Gasteiger partial charge on any atom is -0.308 e. The fourth-order valence-electron chi connectivity index (χ4n) is 2.49. The Bertz CT molecular complexity index is 779. The lowest BCUT2D eigenvalue weighted by atomic mass is 10.1. The fourth-order valence-corrected chi connectivity index (χ4v) is 2.95. The van der Waals surface area contributed by atoms with Crippen LogP contribution < -0.4 is 5.32 Å². The van der Waals surface area contributed by atoms with Crippen LogP contribution in [0.15, 0.2) is 41.1 Å². The molecule has 3 rings (SSSR count). The van der Waals surface area contributed by atoms with Gasteiger partial charge in [0.05, 0.1) is 11.2 Å². The molecule has 3 aromatic rings. The van der Waals surface area contributed by atoms with Gasteiger partial charge < -0.3 is 5.32 Å². The standard InChI is InChI=1S/C16H17BrN4/c1-11-13(10-21(2)20-11)9-18-8-12-5-6-15(17)14-4-3-7-19-16(12)14/h3-7,10,18H,8-9H2,1-2H3. The fraction of sp³-hybridized carbons (Fsp3) is 0.250. The number of rotatable bonds is 4. The monoisotopic (exact) mass is 344 g/mol. The zero-order chi connectivity index (χ0) is 14.8. The van der Waals surface area contributed by atoms with E-state index in [9.17, 15) is 0 Å². The third kappa shape index (κ3) is 2.99. The summed E-state index contributed by atoms with van der Waals surface area (Å²) in [5.41, 5.74) is 4.55. The molecule has 0 aliphatic carbocycles. The Labute approximate surface area is 132 Å². The summed E-state index contributed by atoms with van der Waals surface area (Å²) in [6.45, 7) is 3.63. The molecule has 21 heavy (non-hydrogen) atoms. The van der Waals surface area contributed by atoms with Crippen LogP contribution in [0.5, 0.6) is 0 Å². The molecular weight excluding hydrogens is 328 g/mol. The molecule has 0 radical (unpaired) electrons. The van der Waals surface area contributed by atoms with Crippen molar-refractivity contribution in [1.29, 1.82) is 0 Å². The Morgan fingerprint density at radius 1 is 1.19 bits per heavy atom. The molecule has 2 aromatic heterocycles. The van der Waals surface area contributed by atoms with E-state index in [4.69, 9.17) is 0 Å². The minimum absolute atomic E-state index is 0.787. The van der Waals surface area contributed by atoms with Gasteiger partial charge in [0.2, 0.25) is 0 Å². The van der Waals surface area contributed by atoms with Gasteiger partial charge in [0, 0.05) is 48.0 Å². The molecule has 0 saturated carbocycles. The Hall–Kier alpha value is -1.72. The molecule has 0 saturated heterocycles. The molecule has 0 aliphatic heterocycles. The summed E-state index contributed by atoms with van der Waals surface area (Å²) in [5, 5.41) is 8.98. The summed E-state index contributed by atoms with van der Waals surface area (Å²) in [4.78, 5) is 4.50. The lowest BCUT2D eigenvalue weighted by molar-refractivity contribution is 0.692. The van der Waals surface area contributed by atoms with Crippen LogP contribution in [0, 0.1) is 6.92 Å². The molecule has 0 atom stereocenters. The molecule has 0 bridgehead atoms. The van der Waals surface area contributed by atoms with Gasteiger partial charge in [0.1, 0.15) is 0 Å². The van der Waals surface area contributed by atoms with Crippen molar-refractivity contribution in [3.63, 3.8) is 0 Å². The van der Waals surface area contributed by atoms with Crippen molar-refractivity contribution in [2.75, 3.05) is 0 Å². The summed E-state index contributed by atoms with van der Waals surface area (Å²) in [7, 11) is 1.95. The van der Waals surface area contributed by atoms with Crippen LogP contribution in [0.25, 0.3) is 10.9 Å². The summed E-state index contributed by atoms with van der Waals surface area (Å²) < 4.78 is 2.93. The molecule has 0 amide bonds. The van der Waals surface area contributed by atoms with E-state index in [0.29, 0.717) is 0 Å². The first-order valence-electron chi connectivity index (χ1n) is 6.87. The molecule has 108 valence electrons. The smallest absolute Gasteiger partial charge is 0.0758 e. The first kappa shape index (κ1) is 14.2. The van der Waals surface area contributed by atoms with Crippen molar-refractivity contribution in [2.24, 2.45) is 7.05 Å². The maximum atomic E-state index is 4.50. The van der Waals surface area contributed by atoms with E-state index in [1.165, 1.54) is 11.1 Å².